The monoisotopic (exact) mass is 318 g/mol. The van der Waals surface area contributed by atoms with Crippen LogP contribution in [0.2, 0.25) is 5.02 Å². The van der Waals surface area contributed by atoms with Crippen molar-refractivity contribution >= 4 is 29.1 Å². The number of para-hydroxylation sites is 1. The number of benzene rings is 2. The quantitative estimate of drug-likeness (QED) is 0.889. The molecule has 0 heterocycles. The fourth-order valence-corrected chi connectivity index (χ4v) is 1.98. The van der Waals surface area contributed by atoms with Crippen LogP contribution in [0.5, 0.6) is 5.75 Å². The van der Waals surface area contributed by atoms with E-state index >= 15 is 0 Å². The van der Waals surface area contributed by atoms with Crippen LogP contribution >= 0.6 is 11.6 Å². The number of nitrogens with one attached hydrogen (secondary N) is 1. The fourth-order valence-electron chi connectivity index (χ4n) is 1.81. The zero-order chi connectivity index (χ0) is 16.1. The summed E-state index contributed by atoms with van der Waals surface area (Å²) in [5.74, 6) is -0.794. The molecule has 2 aromatic carbocycles. The van der Waals surface area contributed by atoms with E-state index in [1.54, 1.807) is 25.1 Å². The van der Waals surface area contributed by atoms with Gasteiger partial charge < -0.3 is 15.8 Å². The second-order valence-electron chi connectivity index (χ2n) is 4.62. The van der Waals surface area contributed by atoms with E-state index in [0.717, 1.165) is 0 Å². The molecule has 22 heavy (non-hydrogen) atoms. The molecule has 1 atom stereocenters. The van der Waals surface area contributed by atoms with Crippen LogP contribution in [0.25, 0.3) is 0 Å². The second-order valence-corrected chi connectivity index (χ2v) is 5.06. The molecular formula is C16H15ClN2O3. The first-order valence-corrected chi connectivity index (χ1v) is 6.97. The Morgan fingerprint density at radius 1 is 1.18 bits per heavy atom. The molecular weight excluding hydrogens is 304 g/mol. The number of hydrogen-bond acceptors (Lipinski definition) is 3. The lowest BCUT2D eigenvalue weighted by molar-refractivity contribution is -0.122. The lowest BCUT2D eigenvalue weighted by atomic mass is 10.2. The summed E-state index contributed by atoms with van der Waals surface area (Å²) < 4.78 is 5.52. The molecule has 0 bridgehead atoms. The smallest absolute Gasteiger partial charge is 0.265 e. The molecule has 0 unspecified atom stereocenters. The Labute approximate surface area is 133 Å². The van der Waals surface area contributed by atoms with Gasteiger partial charge in [-0.15, -0.1) is 0 Å². The number of rotatable bonds is 5. The van der Waals surface area contributed by atoms with Crippen LogP contribution in [-0.2, 0) is 4.79 Å². The molecule has 5 nitrogen and oxygen atoms in total. The van der Waals surface area contributed by atoms with Gasteiger partial charge in [-0.25, -0.2) is 0 Å². The summed E-state index contributed by atoms with van der Waals surface area (Å²) in [5, 5.41) is 3.08. The molecule has 0 radical (unpaired) electrons. The number of carbonyl (C=O) groups excluding carboxylic acids is 2. The SMILES string of the molecule is C[C@H](Oc1ccc(Cl)cc1C(N)=O)C(=O)Nc1ccccc1. The van der Waals surface area contributed by atoms with Gasteiger partial charge in [-0.3, -0.25) is 9.59 Å². The van der Waals surface area contributed by atoms with E-state index in [9.17, 15) is 9.59 Å². The molecule has 0 aliphatic rings. The Bertz CT molecular complexity index is 689. The molecule has 2 aromatic rings. The summed E-state index contributed by atoms with van der Waals surface area (Å²) in [5.41, 5.74) is 6.07. The number of primary amides is 1. The van der Waals surface area contributed by atoms with E-state index in [-0.39, 0.29) is 17.2 Å². The first-order chi connectivity index (χ1) is 10.5. The highest BCUT2D eigenvalue weighted by atomic mass is 35.5. The largest absolute Gasteiger partial charge is 0.480 e. The lowest BCUT2D eigenvalue weighted by Gasteiger charge is -2.16. The molecule has 0 aliphatic carbocycles. The van der Waals surface area contributed by atoms with Gasteiger partial charge in [0, 0.05) is 10.7 Å². The van der Waals surface area contributed by atoms with Crippen LogP contribution in [0.1, 0.15) is 17.3 Å². The molecule has 0 saturated carbocycles. The Kier molecular flexibility index (Phi) is 5.01. The van der Waals surface area contributed by atoms with Crippen molar-refractivity contribution in [2.75, 3.05) is 5.32 Å². The zero-order valence-corrected chi connectivity index (χ0v) is 12.6. The molecule has 0 aliphatic heterocycles. The average molecular weight is 319 g/mol. The first kappa shape index (κ1) is 15.9. The molecule has 0 fully saturated rings. The predicted octanol–water partition coefficient (Wildman–Crippen LogP) is 2.84. The lowest BCUT2D eigenvalue weighted by Crippen LogP contribution is -2.30. The maximum Gasteiger partial charge on any atom is 0.265 e. The maximum absolute atomic E-state index is 12.1. The van der Waals surface area contributed by atoms with Crippen molar-refractivity contribution in [1.29, 1.82) is 0 Å². The van der Waals surface area contributed by atoms with Crippen molar-refractivity contribution in [3.8, 4) is 5.75 Å². The summed E-state index contributed by atoms with van der Waals surface area (Å²) in [6.07, 6.45) is -0.806. The topological polar surface area (TPSA) is 81.4 Å². The van der Waals surface area contributed by atoms with E-state index < -0.39 is 12.0 Å². The van der Waals surface area contributed by atoms with Crippen LogP contribution in [0.15, 0.2) is 48.5 Å². The first-order valence-electron chi connectivity index (χ1n) is 6.59. The molecule has 0 aromatic heterocycles. The molecule has 2 rings (SSSR count). The maximum atomic E-state index is 12.1. The summed E-state index contributed by atoms with van der Waals surface area (Å²) >= 11 is 5.82. The van der Waals surface area contributed by atoms with E-state index in [1.165, 1.54) is 12.1 Å². The van der Waals surface area contributed by atoms with Gasteiger partial charge in [-0.2, -0.15) is 0 Å². The normalized spacial score (nSPS) is 11.5. The van der Waals surface area contributed by atoms with Crippen molar-refractivity contribution in [2.45, 2.75) is 13.0 Å². The molecule has 3 N–H and O–H groups in total. The molecule has 0 saturated heterocycles. The van der Waals surface area contributed by atoms with Crippen molar-refractivity contribution in [2.24, 2.45) is 5.73 Å². The van der Waals surface area contributed by atoms with Gasteiger partial charge in [0.1, 0.15) is 5.75 Å². The van der Waals surface area contributed by atoms with Crippen LogP contribution in [0, 0.1) is 0 Å². The van der Waals surface area contributed by atoms with Gasteiger partial charge >= 0.3 is 0 Å². The number of nitrogens with two attached hydrogens (primary N) is 1. The van der Waals surface area contributed by atoms with Gasteiger partial charge in [-0.05, 0) is 37.3 Å². The number of carbonyl (C=O) groups is 2. The van der Waals surface area contributed by atoms with Gasteiger partial charge in [0.05, 0.1) is 5.56 Å². The van der Waals surface area contributed by atoms with Gasteiger partial charge in [0.15, 0.2) is 6.10 Å². The minimum atomic E-state index is -0.806. The molecule has 2 amide bonds. The molecule has 0 spiro atoms. The van der Waals surface area contributed by atoms with Crippen LogP contribution in [0.3, 0.4) is 0 Å². The number of hydrogen-bond donors (Lipinski definition) is 2. The number of anilines is 1. The zero-order valence-electron chi connectivity index (χ0n) is 11.9. The minimum absolute atomic E-state index is 0.131. The molecule has 6 heteroatoms. The van der Waals surface area contributed by atoms with Crippen LogP contribution in [0.4, 0.5) is 5.69 Å². The fraction of sp³-hybridized carbons (Fsp3) is 0.125. The summed E-state index contributed by atoms with van der Waals surface area (Å²) in [7, 11) is 0. The summed E-state index contributed by atoms with van der Waals surface area (Å²) in [4.78, 5) is 23.5. The van der Waals surface area contributed by atoms with E-state index in [1.807, 2.05) is 18.2 Å². The average Bonchev–Trinajstić information content (AvgIpc) is 2.49. The van der Waals surface area contributed by atoms with Gasteiger partial charge in [-0.1, -0.05) is 29.8 Å². The third-order valence-electron chi connectivity index (χ3n) is 2.92. The minimum Gasteiger partial charge on any atom is -0.480 e. The molecule has 114 valence electrons. The van der Waals surface area contributed by atoms with Crippen molar-refractivity contribution in [3.05, 3.63) is 59.1 Å². The standard InChI is InChI=1S/C16H15ClN2O3/c1-10(16(21)19-12-5-3-2-4-6-12)22-14-8-7-11(17)9-13(14)15(18)20/h2-10H,1H3,(H2,18,20)(H,19,21)/t10-/m0/s1. The Morgan fingerprint density at radius 2 is 1.86 bits per heavy atom. The second kappa shape index (κ2) is 6.95. The Hall–Kier alpha value is -2.53. The highest BCUT2D eigenvalue weighted by Gasteiger charge is 2.18. The Balaban J connectivity index is 2.10. The van der Waals surface area contributed by atoms with Crippen molar-refractivity contribution < 1.29 is 14.3 Å². The van der Waals surface area contributed by atoms with Gasteiger partial charge in [0.2, 0.25) is 0 Å². The van der Waals surface area contributed by atoms with E-state index in [2.05, 4.69) is 5.32 Å². The highest BCUT2D eigenvalue weighted by molar-refractivity contribution is 6.31. The van der Waals surface area contributed by atoms with Crippen LogP contribution < -0.4 is 15.8 Å². The third-order valence-corrected chi connectivity index (χ3v) is 3.16. The highest BCUT2D eigenvalue weighted by Crippen LogP contribution is 2.23. The summed E-state index contributed by atoms with van der Waals surface area (Å²) in [6, 6.07) is 13.5. The third kappa shape index (κ3) is 3.99. The van der Waals surface area contributed by atoms with Gasteiger partial charge in [0.25, 0.3) is 11.8 Å². The number of ether oxygens (including phenoxy) is 1. The predicted molar refractivity (Wildman–Crippen MR) is 85.1 cm³/mol. The number of amides is 2. The van der Waals surface area contributed by atoms with Crippen molar-refractivity contribution in [3.63, 3.8) is 0 Å². The Morgan fingerprint density at radius 3 is 2.50 bits per heavy atom. The number of halogens is 1. The van der Waals surface area contributed by atoms with E-state index in [4.69, 9.17) is 22.1 Å². The van der Waals surface area contributed by atoms with Crippen LogP contribution in [-0.4, -0.2) is 17.9 Å². The van der Waals surface area contributed by atoms with E-state index in [0.29, 0.717) is 10.7 Å². The van der Waals surface area contributed by atoms with Crippen molar-refractivity contribution in [1.82, 2.24) is 0 Å². The summed E-state index contributed by atoms with van der Waals surface area (Å²) in [6.45, 7) is 1.58.